The zero-order valence-electron chi connectivity index (χ0n) is 20.6. The molecule has 1 aliphatic rings. The largest absolute Gasteiger partial charge is 0.497 e. The van der Waals surface area contributed by atoms with Crippen LogP contribution in [0.5, 0.6) is 17.2 Å². The van der Waals surface area contributed by atoms with Crippen LogP contribution in [0.25, 0.3) is 5.82 Å². The van der Waals surface area contributed by atoms with Crippen molar-refractivity contribution in [3.05, 3.63) is 127 Å². The van der Waals surface area contributed by atoms with Gasteiger partial charge in [0, 0.05) is 30.0 Å². The maximum absolute atomic E-state index is 6.04. The highest BCUT2D eigenvalue weighted by molar-refractivity contribution is 7.80. The molecule has 4 heterocycles. The fraction of sp³-hybridized carbons (Fsp3) is 0.100. The highest BCUT2D eigenvalue weighted by Crippen LogP contribution is 2.42. The Morgan fingerprint density at radius 2 is 1.45 bits per heavy atom. The van der Waals surface area contributed by atoms with Crippen molar-refractivity contribution in [3.8, 4) is 23.1 Å². The van der Waals surface area contributed by atoms with Gasteiger partial charge in [-0.05, 0) is 97.1 Å². The predicted octanol–water partition coefficient (Wildman–Crippen LogP) is 6.25. The topological polar surface area (TPSA) is 64.4 Å². The molecule has 0 radical (unpaired) electrons. The number of hydrogen-bond acceptors (Lipinski definition) is 5. The molecule has 1 fully saturated rings. The Kier molecular flexibility index (Phi) is 6.46. The summed E-state index contributed by atoms with van der Waals surface area (Å²) in [5.74, 6) is 3.09. The monoisotopic (exact) mass is 519 g/mol. The zero-order valence-corrected chi connectivity index (χ0v) is 21.5. The minimum Gasteiger partial charge on any atom is -0.497 e. The van der Waals surface area contributed by atoms with Crippen molar-refractivity contribution in [2.45, 2.75) is 12.1 Å². The fourth-order valence-electron chi connectivity index (χ4n) is 4.73. The Hall–Kier alpha value is -4.69. The van der Waals surface area contributed by atoms with Gasteiger partial charge in [0.1, 0.15) is 29.1 Å². The van der Waals surface area contributed by atoms with Gasteiger partial charge in [-0.15, -0.1) is 0 Å². The third kappa shape index (κ3) is 4.57. The van der Waals surface area contributed by atoms with E-state index in [-0.39, 0.29) is 12.1 Å². The second-order valence-electron chi connectivity index (χ2n) is 8.76. The number of thiocarbonyl (C=S) groups is 1. The lowest BCUT2D eigenvalue weighted by Gasteiger charge is -2.29. The standard InChI is InChI=1S/C30H25N5O2S/c1-36-22-14-16-24(17-15-22)37-23-12-10-21(11-13-23)35-29(28(33-30(35)38)25-7-2-4-18-31-25)26-8-6-20-34(26)27-9-3-5-19-32-27/h2-20,28-29H,1H3,(H,33,38)/t28-,29-/m0/s1. The van der Waals surface area contributed by atoms with Crippen molar-refractivity contribution in [3.63, 3.8) is 0 Å². The Morgan fingerprint density at radius 1 is 0.763 bits per heavy atom. The van der Waals surface area contributed by atoms with Crippen LogP contribution in [0, 0.1) is 0 Å². The molecular formula is C30H25N5O2S. The number of pyridine rings is 2. The van der Waals surface area contributed by atoms with Crippen LogP contribution >= 0.6 is 12.2 Å². The molecule has 6 rings (SSSR count). The van der Waals surface area contributed by atoms with E-state index in [9.17, 15) is 0 Å². The highest BCUT2D eigenvalue weighted by Gasteiger charge is 2.42. The van der Waals surface area contributed by atoms with E-state index in [1.54, 1.807) is 13.3 Å². The molecule has 0 spiro atoms. The third-order valence-corrected chi connectivity index (χ3v) is 6.80. The Bertz CT molecular complexity index is 1520. The maximum Gasteiger partial charge on any atom is 0.174 e. The molecule has 188 valence electrons. The van der Waals surface area contributed by atoms with Gasteiger partial charge < -0.3 is 24.3 Å². The number of benzene rings is 2. The summed E-state index contributed by atoms with van der Waals surface area (Å²) in [4.78, 5) is 11.4. The SMILES string of the molecule is COc1ccc(Oc2ccc(N3C(=S)N[C@@H](c4ccccn4)[C@@H]3c3cccn3-c3ccccn3)cc2)cc1. The van der Waals surface area contributed by atoms with Crippen LogP contribution in [0.2, 0.25) is 0 Å². The van der Waals surface area contributed by atoms with Crippen LogP contribution in [0.15, 0.2) is 116 Å². The van der Waals surface area contributed by atoms with Gasteiger partial charge in [-0.25, -0.2) is 4.98 Å². The van der Waals surface area contributed by atoms with Crippen LogP contribution in [-0.2, 0) is 0 Å². The average molecular weight is 520 g/mol. The Labute approximate surface area is 226 Å². The Balaban J connectivity index is 1.36. The van der Waals surface area contributed by atoms with Gasteiger partial charge in [-0.1, -0.05) is 12.1 Å². The molecule has 0 saturated carbocycles. The van der Waals surface area contributed by atoms with Crippen molar-refractivity contribution < 1.29 is 9.47 Å². The van der Waals surface area contributed by atoms with Gasteiger partial charge >= 0.3 is 0 Å². The second-order valence-corrected chi connectivity index (χ2v) is 9.15. The number of ether oxygens (including phenoxy) is 2. The molecule has 3 aromatic heterocycles. The maximum atomic E-state index is 6.04. The van der Waals surface area contributed by atoms with Crippen LogP contribution in [0.4, 0.5) is 5.69 Å². The van der Waals surface area contributed by atoms with Crippen molar-refractivity contribution in [1.29, 1.82) is 0 Å². The van der Waals surface area contributed by atoms with E-state index in [2.05, 4.69) is 30.8 Å². The number of nitrogens with one attached hydrogen (secondary N) is 1. The Morgan fingerprint density at radius 3 is 2.11 bits per heavy atom. The van der Waals surface area contributed by atoms with Gasteiger partial charge in [0.15, 0.2) is 5.11 Å². The summed E-state index contributed by atoms with van der Waals surface area (Å²) in [6.45, 7) is 0. The first-order valence-corrected chi connectivity index (χ1v) is 12.6. The first-order chi connectivity index (χ1) is 18.7. The van der Waals surface area contributed by atoms with E-state index < -0.39 is 0 Å². The summed E-state index contributed by atoms with van der Waals surface area (Å²) in [6, 6.07) is 31.1. The minimum atomic E-state index is -0.164. The molecular weight excluding hydrogens is 494 g/mol. The summed E-state index contributed by atoms with van der Waals surface area (Å²) in [6.07, 6.45) is 5.63. The van der Waals surface area contributed by atoms with Gasteiger partial charge in [-0.3, -0.25) is 4.98 Å². The van der Waals surface area contributed by atoms with E-state index in [4.69, 9.17) is 21.7 Å². The summed E-state index contributed by atoms with van der Waals surface area (Å²) >= 11 is 5.89. The molecule has 38 heavy (non-hydrogen) atoms. The lowest BCUT2D eigenvalue weighted by atomic mass is 10.0. The van der Waals surface area contributed by atoms with Crippen LogP contribution in [0.3, 0.4) is 0 Å². The molecule has 5 aromatic rings. The van der Waals surface area contributed by atoms with E-state index >= 15 is 0 Å². The fourth-order valence-corrected chi connectivity index (χ4v) is 5.07. The normalized spacial score (nSPS) is 16.8. The number of methoxy groups -OCH3 is 1. The molecule has 0 unspecified atom stereocenters. The molecule has 1 aliphatic heterocycles. The number of hydrogen-bond donors (Lipinski definition) is 1. The van der Waals surface area contributed by atoms with E-state index in [1.165, 1.54) is 0 Å². The molecule has 0 amide bonds. The van der Waals surface area contributed by atoms with Crippen LogP contribution in [0.1, 0.15) is 23.5 Å². The number of aromatic nitrogens is 3. The van der Waals surface area contributed by atoms with Gasteiger partial charge in [0.25, 0.3) is 0 Å². The summed E-state index contributed by atoms with van der Waals surface area (Å²) in [5.41, 5.74) is 2.91. The highest BCUT2D eigenvalue weighted by atomic mass is 32.1. The molecule has 0 bridgehead atoms. The first kappa shape index (κ1) is 23.7. The van der Waals surface area contributed by atoms with E-state index in [0.717, 1.165) is 40.1 Å². The smallest absolute Gasteiger partial charge is 0.174 e. The number of nitrogens with zero attached hydrogens (tertiary/aromatic N) is 4. The molecule has 2 aromatic carbocycles. The predicted molar refractivity (Wildman–Crippen MR) is 151 cm³/mol. The van der Waals surface area contributed by atoms with E-state index in [0.29, 0.717) is 5.11 Å². The van der Waals surface area contributed by atoms with Crippen molar-refractivity contribution in [1.82, 2.24) is 19.9 Å². The van der Waals surface area contributed by atoms with Crippen LogP contribution in [-0.4, -0.2) is 26.8 Å². The lowest BCUT2D eigenvalue weighted by molar-refractivity contribution is 0.413. The molecule has 1 N–H and O–H groups in total. The van der Waals surface area contributed by atoms with Crippen molar-refractivity contribution >= 4 is 23.0 Å². The van der Waals surface area contributed by atoms with Crippen LogP contribution < -0.4 is 19.7 Å². The average Bonchev–Trinajstić information content (AvgIpc) is 3.59. The second kappa shape index (κ2) is 10.4. The molecule has 2 atom stereocenters. The summed E-state index contributed by atoms with van der Waals surface area (Å²) < 4.78 is 13.4. The summed E-state index contributed by atoms with van der Waals surface area (Å²) in [5, 5.41) is 4.15. The van der Waals surface area contributed by atoms with Crippen molar-refractivity contribution in [2.75, 3.05) is 12.0 Å². The summed E-state index contributed by atoms with van der Waals surface area (Å²) in [7, 11) is 1.64. The number of anilines is 1. The molecule has 1 saturated heterocycles. The molecule has 8 heteroatoms. The van der Waals surface area contributed by atoms with Gasteiger partial charge in [0.05, 0.1) is 18.8 Å². The molecule has 0 aliphatic carbocycles. The number of rotatable bonds is 7. The molecule has 7 nitrogen and oxygen atoms in total. The quantitative estimate of drug-likeness (QED) is 0.255. The third-order valence-electron chi connectivity index (χ3n) is 6.49. The van der Waals surface area contributed by atoms with Gasteiger partial charge in [-0.2, -0.15) is 0 Å². The zero-order chi connectivity index (χ0) is 25.9. The van der Waals surface area contributed by atoms with E-state index in [1.807, 2.05) is 103 Å². The van der Waals surface area contributed by atoms with Crippen molar-refractivity contribution in [2.24, 2.45) is 0 Å². The van der Waals surface area contributed by atoms with Gasteiger partial charge in [0.2, 0.25) is 0 Å². The minimum absolute atomic E-state index is 0.156. The first-order valence-electron chi connectivity index (χ1n) is 12.2. The lowest BCUT2D eigenvalue weighted by Crippen LogP contribution is -2.30.